The molecule has 3 saturated heterocycles. The number of rotatable bonds is 15. The lowest BCUT2D eigenvalue weighted by molar-refractivity contribution is -0.432. The van der Waals surface area contributed by atoms with Crippen molar-refractivity contribution in [2.45, 2.75) is 67.5 Å². The largest absolute Gasteiger partial charge is 0.394 e. The second kappa shape index (κ2) is 14.0. The van der Waals surface area contributed by atoms with Crippen LogP contribution in [0.5, 0.6) is 0 Å². The smallest absolute Gasteiger partial charge is 0.362 e. The number of hydrogen-bond acceptors (Lipinski definition) is 12. The molecule has 0 aromatic rings. The number of nitrogens with zero attached hydrogens (tertiary/aromatic N) is 1. The normalized spacial score (nSPS) is 24.4. The van der Waals surface area contributed by atoms with Gasteiger partial charge in [0.25, 0.3) is 5.78 Å². The number of fused-ring (bicyclic) bond motifs is 1. The summed E-state index contributed by atoms with van der Waals surface area (Å²) in [4.78, 5) is 65.3. The number of urea groups is 1. The molecule has 3 aliphatic heterocycles. The van der Waals surface area contributed by atoms with Crippen molar-refractivity contribution in [1.29, 1.82) is 0 Å². The van der Waals surface area contributed by atoms with Crippen molar-refractivity contribution in [3.63, 3.8) is 0 Å². The van der Waals surface area contributed by atoms with Gasteiger partial charge in [0, 0.05) is 49.0 Å². The first kappa shape index (κ1) is 27.7. The van der Waals surface area contributed by atoms with Gasteiger partial charge in [0.05, 0.1) is 18.6 Å². The van der Waals surface area contributed by atoms with Crippen LogP contribution in [0.25, 0.3) is 0 Å². The van der Waals surface area contributed by atoms with Crippen molar-refractivity contribution in [3.8, 4) is 0 Å². The molecule has 0 aliphatic carbocycles. The zero-order chi connectivity index (χ0) is 25.2. The third-order valence-corrected chi connectivity index (χ3v) is 8.19. The summed E-state index contributed by atoms with van der Waals surface area (Å²) in [5.41, 5.74) is 0. The fourth-order valence-electron chi connectivity index (χ4n) is 4.15. The lowest BCUT2D eigenvalue weighted by Gasteiger charge is -2.16. The lowest BCUT2D eigenvalue weighted by Crippen LogP contribution is -2.37. The standard InChI is InChI=1S/C20H30N4O9S2/c25-12(9-15(35-33-32-30)18(27)19(28)31-24-7-3-4-8-24)10-21-16(26)6-2-1-5-14-17-13(11-34-14)22-20(29)23-17/h13-15,17,30H,1-11H2,(H,21,26)(H2,22,23,29)/t13-,14?,15?,17-/m0/s1. The van der Waals surface area contributed by atoms with Gasteiger partial charge in [-0.15, -0.1) is 9.40 Å². The summed E-state index contributed by atoms with van der Waals surface area (Å²) in [6.07, 6.45) is 3.82. The van der Waals surface area contributed by atoms with Gasteiger partial charge < -0.3 is 20.8 Å². The SMILES string of the molecule is O=C(CNC(=O)CCCCC1SC[C@@H]2NC(=O)N[C@H]12)CC(SOOO)C(=O)C(=O)ON1CCCC1. The van der Waals surface area contributed by atoms with Crippen LogP contribution in [0.4, 0.5) is 4.79 Å². The molecule has 4 N–H and O–H groups in total. The van der Waals surface area contributed by atoms with Crippen molar-refractivity contribution in [1.82, 2.24) is 21.0 Å². The molecule has 3 fully saturated rings. The van der Waals surface area contributed by atoms with Crippen LogP contribution in [-0.4, -0.2) is 87.8 Å². The molecule has 4 atom stereocenters. The van der Waals surface area contributed by atoms with E-state index in [1.165, 1.54) is 5.06 Å². The first-order chi connectivity index (χ1) is 16.9. The van der Waals surface area contributed by atoms with Crippen molar-refractivity contribution in [2.75, 3.05) is 25.4 Å². The van der Waals surface area contributed by atoms with Crippen LogP contribution in [0.1, 0.15) is 44.9 Å². The average Bonchev–Trinajstić information content (AvgIpc) is 3.56. The van der Waals surface area contributed by atoms with Gasteiger partial charge in [-0.05, 0) is 25.7 Å². The molecule has 0 spiro atoms. The Morgan fingerprint density at radius 1 is 1.20 bits per heavy atom. The Hall–Kier alpha value is -1.91. The number of hydrogen-bond donors (Lipinski definition) is 4. The second-order valence-corrected chi connectivity index (χ2v) is 10.7. The molecule has 3 heterocycles. The Bertz CT molecular complexity index is 797. The van der Waals surface area contributed by atoms with Crippen LogP contribution in [0.3, 0.4) is 0 Å². The molecule has 35 heavy (non-hydrogen) atoms. The van der Waals surface area contributed by atoms with E-state index in [4.69, 9.17) is 10.1 Å². The molecule has 0 saturated carbocycles. The van der Waals surface area contributed by atoms with Gasteiger partial charge in [-0.3, -0.25) is 14.4 Å². The molecule has 0 aromatic carbocycles. The highest BCUT2D eigenvalue weighted by atomic mass is 32.2. The first-order valence-electron chi connectivity index (χ1n) is 11.5. The Morgan fingerprint density at radius 2 is 1.97 bits per heavy atom. The van der Waals surface area contributed by atoms with Gasteiger partial charge in [0.15, 0.2) is 5.78 Å². The minimum absolute atomic E-state index is 0.125. The van der Waals surface area contributed by atoms with Crippen LogP contribution < -0.4 is 16.0 Å². The number of Topliss-reactive ketones (excluding diaryl/α,β-unsaturated/α-hetero) is 2. The third-order valence-electron chi connectivity index (χ3n) is 5.93. The molecular weight excluding hydrogens is 504 g/mol. The molecule has 2 unspecified atom stereocenters. The summed E-state index contributed by atoms with van der Waals surface area (Å²) in [5.74, 6) is -2.08. The molecule has 0 radical (unpaired) electrons. The van der Waals surface area contributed by atoms with Crippen molar-refractivity contribution in [3.05, 3.63) is 0 Å². The molecule has 3 aliphatic rings. The molecule has 0 bridgehead atoms. The van der Waals surface area contributed by atoms with Crippen LogP contribution in [0, 0.1) is 0 Å². The van der Waals surface area contributed by atoms with Crippen LogP contribution in [-0.2, 0) is 33.4 Å². The van der Waals surface area contributed by atoms with Gasteiger partial charge >= 0.3 is 12.0 Å². The van der Waals surface area contributed by atoms with E-state index in [0.29, 0.717) is 36.8 Å². The number of ketones is 2. The highest BCUT2D eigenvalue weighted by molar-refractivity contribution is 8.00. The minimum atomic E-state index is -1.31. The maximum Gasteiger partial charge on any atom is 0.394 e. The molecule has 3 rings (SSSR count). The number of hydroxylamine groups is 2. The van der Waals surface area contributed by atoms with Gasteiger partial charge in [-0.2, -0.15) is 11.8 Å². The van der Waals surface area contributed by atoms with E-state index >= 15 is 0 Å². The predicted octanol–water partition coefficient (Wildman–Crippen LogP) is 0.349. The summed E-state index contributed by atoms with van der Waals surface area (Å²) in [5, 5.41) is 20.6. The van der Waals surface area contributed by atoms with Gasteiger partial charge in [0.1, 0.15) is 5.25 Å². The quantitative estimate of drug-likeness (QED) is 0.0568. The maximum absolute atomic E-state index is 12.4. The molecule has 0 aromatic heterocycles. The third kappa shape index (κ3) is 8.61. The van der Waals surface area contributed by atoms with Crippen LogP contribution in [0.2, 0.25) is 0 Å². The van der Waals surface area contributed by atoms with Crippen molar-refractivity contribution < 1.29 is 43.4 Å². The number of unbranched alkanes of at least 4 members (excludes halogenated alkanes) is 1. The lowest BCUT2D eigenvalue weighted by atomic mass is 10.0. The summed E-state index contributed by atoms with van der Waals surface area (Å²) in [7, 11) is 0. The zero-order valence-corrected chi connectivity index (χ0v) is 20.7. The molecule has 13 nitrogen and oxygen atoms in total. The minimum Gasteiger partial charge on any atom is -0.362 e. The summed E-state index contributed by atoms with van der Waals surface area (Å²) in [6.45, 7) is 0.725. The Labute approximate surface area is 210 Å². The first-order valence-corrected chi connectivity index (χ1v) is 13.3. The van der Waals surface area contributed by atoms with E-state index in [9.17, 15) is 24.0 Å². The number of thioether (sulfide) groups is 1. The molecule has 3 amide bonds. The summed E-state index contributed by atoms with van der Waals surface area (Å²) in [6, 6.07) is 0.160. The van der Waals surface area contributed by atoms with E-state index < -0.39 is 29.2 Å². The summed E-state index contributed by atoms with van der Waals surface area (Å²) >= 11 is 2.12. The number of amides is 3. The van der Waals surface area contributed by atoms with Crippen molar-refractivity contribution >= 4 is 53.3 Å². The van der Waals surface area contributed by atoms with E-state index in [0.717, 1.165) is 31.4 Å². The molecular formula is C20H30N4O9S2. The van der Waals surface area contributed by atoms with Crippen molar-refractivity contribution in [2.24, 2.45) is 0 Å². The fourth-order valence-corrected chi connectivity index (χ4v) is 6.26. The number of carbonyl (C=O) groups is 5. The van der Waals surface area contributed by atoms with Gasteiger partial charge in [0.2, 0.25) is 5.91 Å². The van der Waals surface area contributed by atoms with Crippen LogP contribution in [0.15, 0.2) is 0 Å². The fraction of sp³-hybridized carbons (Fsp3) is 0.750. The summed E-state index contributed by atoms with van der Waals surface area (Å²) < 4.78 is 4.26. The van der Waals surface area contributed by atoms with Gasteiger partial charge in [-0.1, -0.05) is 11.5 Å². The average molecular weight is 535 g/mol. The zero-order valence-electron chi connectivity index (χ0n) is 19.1. The monoisotopic (exact) mass is 534 g/mol. The second-order valence-electron chi connectivity index (χ2n) is 8.49. The Kier molecular flexibility index (Phi) is 11.1. The maximum atomic E-state index is 12.4. The van der Waals surface area contributed by atoms with E-state index in [-0.39, 0.29) is 37.0 Å². The van der Waals surface area contributed by atoms with E-state index in [2.05, 4.69) is 25.3 Å². The predicted molar refractivity (Wildman–Crippen MR) is 125 cm³/mol. The topological polar surface area (TPSA) is 173 Å². The van der Waals surface area contributed by atoms with Crippen LogP contribution >= 0.6 is 23.8 Å². The number of carbonyl (C=O) groups excluding carboxylic acids is 5. The van der Waals surface area contributed by atoms with Gasteiger partial charge in [-0.25, -0.2) is 14.8 Å². The highest BCUT2D eigenvalue weighted by Gasteiger charge is 2.42. The van der Waals surface area contributed by atoms with E-state index in [1.807, 2.05) is 11.8 Å². The molecule has 15 heteroatoms. The highest BCUT2D eigenvalue weighted by Crippen LogP contribution is 2.33. The van der Waals surface area contributed by atoms with E-state index in [1.54, 1.807) is 0 Å². The molecule has 196 valence electrons. The Balaban J connectivity index is 1.32. The number of nitrogens with one attached hydrogen (secondary N) is 3. The Morgan fingerprint density at radius 3 is 2.71 bits per heavy atom.